The van der Waals surface area contributed by atoms with E-state index in [1.807, 2.05) is 0 Å². The van der Waals surface area contributed by atoms with Crippen molar-refractivity contribution in [3.8, 4) is 18.1 Å². The molecule has 0 fully saturated rings. The van der Waals surface area contributed by atoms with Crippen LogP contribution in [0, 0.1) is 12.3 Å². The van der Waals surface area contributed by atoms with E-state index in [-0.39, 0.29) is 22.8 Å². The fraction of sp³-hybridized carbons (Fsp3) is 0.231. The molecule has 0 radical (unpaired) electrons. The Balaban J connectivity index is 3.17. The molecular formula is C13H13NO6S. The predicted octanol–water partition coefficient (Wildman–Crippen LogP) is -0.0835. The molecule has 0 heterocycles. The van der Waals surface area contributed by atoms with Gasteiger partial charge >= 0.3 is 5.97 Å². The quantitative estimate of drug-likeness (QED) is 0.711. The normalized spacial score (nSPS) is 10.5. The lowest BCUT2D eigenvalue weighted by Gasteiger charge is -2.10. The lowest BCUT2D eigenvalue weighted by molar-refractivity contribution is -0.118. The van der Waals surface area contributed by atoms with E-state index < -0.39 is 27.5 Å². The van der Waals surface area contributed by atoms with Gasteiger partial charge in [-0.3, -0.25) is 4.79 Å². The fourth-order valence-electron chi connectivity index (χ4n) is 1.50. The fourth-order valence-corrected chi connectivity index (χ4v) is 2.87. The standard InChI is InChI=1S/C13H13NO6S/c1-3-6-14-12(15)8-21(18,19)11-7-9(13(16)17)4-5-10(11)20-2/h1,4-5,7H,6,8H2,2H3,(H,14,15)(H,16,17). The Morgan fingerprint density at radius 2 is 2.10 bits per heavy atom. The van der Waals surface area contributed by atoms with Crippen LogP contribution in [0.3, 0.4) is 0 Å². The van der Waals surface area contributed by atoms with Crippen LogP contribution in [0.5, 0.6) is 5.75 Å². The number of benzene rings is 1. The van der Waals surface area contributed by atoms with Crippen LogP contribution in [0.4, 0.5) is 0 Å². The Kier molecular flexibility index (Phi) is 5.32. The second-order valence-corrected chi connectivity index (χ2v) is 5.87. The molecule has 0 spiro atoms. The van der Waals surface area contributed by atoms with Crippen molar-refractivity contribution in [3.05, 3.63) is 23.8 Å². The van der Waals surface area contributed by atoms with Gasteiger partial charge in [0.05, 0.1) is 19.2 Å². The number of hydrogen-bond donors (Lipinski definition) is 2. The Labute approximate surface area is 121 Å². The number of hydrogen-bond acceptors (Lipinski definition) is 5. The number of sulfone groups is 1. The summed E-state index contributed by atoms with van der Waals surface area (Å²) in [5, 5.41) is 11.1. The third-order valence-corrected chi connectivity index (χ3v) is 4.09. The van der Waals surface area contributed by atoms with Gasteiger partial charge in [0.1, 0.15) is 16.4 Å². The van der Waals surface area contributed by atoms with E-state index in [1.54, 1.807) is 0 Å². The molecule has 1 amide bonds. The van der Waals surface area contributed by atoms with Gasteiger partial charge in [-0.25, -0.2) is 13.2 Å². The Morgan fingerprint density at radius 1 is 1.43 bits per heavy atom. The van der Waals surface area contributed by atoms with Gasteiger partial charge in [0, 0.05) is 0 Å². The minimum absolute atomic E-state index is 0.0373. The molecular weight excluding hydrogens is 298 g/mol. The molecule has 0 aromatic heterocycles. The van der Waals surface area contributed by atoms with Gasteiger partial charge in [0.25, 0.3) is 0 Å². The lowest BCUT2D eigenvalue weighted by Crippen LogP contribution is -2.30. The molecule has 8 heteroatoms. The minimum atomic E-state index is -4.06. The van der Waals surface area contributed by atoms with Crippen molar-refractivity contribution in [1.82, 2.24) is 5.32 Å². The van der Waals surface area contributed by atoms with Crippen molar-refractivity contribution in [2.24, 2.45) is 0 Å². The number of nitrogens with one attached hydrogen (secondary N) is 1. The highest BCUT2D eigenvalue weighted by Gasteiger charge is 2.24. The first-order valence-electron chi connectivity index (χ1n) is 5.66. The molecule has 1 rings (SSSR count). The van der Waals surface area contributed by atoms with E-state index in [0.29, 0.717) is 0 Å². The van der Waals surface area contributed by atoms with Crippen LogP contribution in [0.2, 0.25) is 0 Å². The predicted molar refractivity (Wildman–Crippen MR) is 73.8 cm³/mol. The van der Waals surface area contributed by atoms with Crippen molar-refractivity contribution in [2.45, 2.75) is 4.90 Å². The number of aromatic carboxylic acids is 1. The van der Waals surface area contributed by atoms with E-state index in [4.69, 9.17) is 16.3 Å². The zero-order chi connectivity index (χ0) is 16.0. The molecule has 21 heavy (non-hydrogen) atoms. The number of carboxylic acids is 1. The summed E-state index contributed by atoms with van der Waals surface area (Å²) in [5.74, 6) is -0.817. The molecule has 0 atom stereocenters. The summed E-state index contributed by atoms with van der Waals surface area (Å²) >= 11 is 0. The number of terminal acetylenes is 1. The highest BCUT2D eigenvalue weighted by atomic mass is 32.2. The van der Waals surface area contributed by atoms with Crippen LogP contribution in [-0.4, -0.2) is 44.8 Å². The molecule has 2 N–H and O–H groups in total. The van der Waals surface area contributed by atoms with Gasteiger partial charge in [-0.1, -0.05) is 5.92 Å². The average molecular weight is 311 g/mol. The maximum Gasteiger partial charge on any atom is 0.335 e. The van der Waals surface area contributed by atoms with Gasteiger partial charge in [0.2, 0.25) is 5.91 Å². The summed E-state index contributed by atoms with van der Waals surface area (Å²) in [6.45, 7) is -0.0966. The van der Waals surface area contributed by atoms with Crippen molar-refractivity contribution in [3.63, 3.8) is 0 Å². The smallest absolute Gasteiger partial charge is 0.335 e. The Hall–Kier alpha value is -2.53. The van der Waals surface area contributed by atoms with E-state index in [9.17, 15) is 18.0 Å². The first-order valence-corrected chi connectivity index (χ1v) is 7.31. The largest absolute Gasteiger partial charge is 0.495 e. The number of methoxy groups -OCH3 is 1. The second kappa shape index (κ2) is 6.76. The third kappa shape index (κ3) is 4.22. The third-order valence-electron chi connectivity index (χ3n) is 2.45. The molecule has 0 aliphatic carbocycles. The SMILES string of the molecule is C#CCNC(=O)CS(=O)(=O)c1cc(C(=O)O)ccc1OC. The van der Waals surface area contributed by atoms with Crippen molar-refractivity contribution in [1.29, 1.82) is 0 Å². The molecule has 1 aromatic carbocycles. The second-order valence-electron chi connectivity index (χ2n) is 3.91. The molecule has 0 saturated carbocycles. The van der Waals surface area contributed by atoms with Gasteiger partial charge in [-0.15, -0.1) is 6.42 Å². The van der Waals surface area contributed by atoms with Gasteiger partial charge in [-0.05, 0) is 18.2 Å². The van der Waals surface area contributed by atoms with Crippen molar-refractivity contribution in [2.75, 3.05) is 19.4 Å². The molecule has 1 aromatic rings. The highest BCUT2D eigenvalue weighted by Crippen LogP contribution is 2.26. The van der Waals surface area contributed by atoms with Crippen LogP contribution in [0.25, 0.3) is 0 Å². The summed E-state index contributed by atoms with van der Waals surface area (Å²) in [6, 6.07) is 3.37. The van der Waals surface area contributed by atoms with Gasteiger partial charge < -0.3 is 15.2 Å². The summed E-state index contributed by atoms with van der Waals surface area (Å²) < 4.78 is 29.2. The Bertz CT molecular complexity index is 702. The van der Waals surface area contributed by atoms with E-state index in [2.05, 4.69) is 11.2 Å². The van der Waals surface area contributed by atoms with Crippen molar-refractivity contribution >= 4 is 21.7 Å². The average Bonchev–Trinajstić information content (AvgIpc) is 2.43. The first kappa shape index (κ1) is 16.5. The van der Waals surface area contributed by atoms with Crippen LogP contribution in [-0.2, 0) is 14.6 Å². The lowest BCUT2D eigenvalue weighted by atomic mass is 10.2. The summed E-state index contributed by atoms with van der Waals surface area (Å²) in [6.07, 6.45) is 4.95. The zero-order valence-electron chi connectivity index (χ0n) is 11.1. The van der Waals surface area contributed by atoms with Crippen LogP contribution in [0.1, 0.15) is 10.4 Å². The Morgan fingerprint density at radius 3 is 2.62 bits per heavy atom. The topological polar surface area (TPSA) is 110 Å². The number of amides is 1. The molecule has 0 saturated heterocycles. The number of carbonyl (C=O) groups is 2. The maximum absolute atomic E-state index is 12.2. The number of carboxylic acid groups (broad SMARTS) is 1. The number of ether oxygens (including phenoxy) is 1. The molecule has 0 unspecified atom stereocenters. The molecule has 0 bridgehead atoms. The number of carbonyl (C=O) groups excluding carboxylic acids is 1. The van der Waals surface area contributed by atoms with E-state index in [1.165, 1.54) is 19.2 Å². The summed E-state index contributed by atoms with van der Waals surface area (Å²) in [5.41, 5.74) is -0.224. The van der Waals surface area contributed by atoms with E-state index in [0.717, 1.165) is 6.07 Å². The monoisotopic (exact) mass is 311 g/mol. The minimum Gasteiger partial charge on any atom is -0.495 e. The highest BCUT2D eigenvalue weighted by molar-refractivity contribution is 7.92. The molecule has 0 aliphatic rings. The molecule has 0 aliphatic heterocycles. The zero-order valence-corrected chi connectivity index (χ0v) is 11.9. The molecule has 7 nitrogen and oxygen atoms in total. The van der Waals surface area contributed by atoms with E-state index >= 15 is 0 Å². The van der Waals surface area contributed by atoms with Gasteiger partial charge in [-0.2, -0.15) is 0 Å². The van der Waals surface area contributed by atoms with Crippen LogP contribution < -0.4 is 10.1 Å². The van der Waals surface area contributed by atoms with Gasteiger partial charge in [0.15, 0.2) is 9.84 Å². The molecule has 112 valence electrons. The maximum atomic E-state index is 12.2. The van der Waals surface area contributed by atoms with Crippen molar-refractivity contribution < 1.29 is 27.9 Å². The first-order chi connectivity index (χ1) is 9.81. The van der Waals surface area contributed by atoms with Crippen LogP contribution in [0.15, 0.2) is 23.1 Å². The van der Waals surface area contributed by atoms with Crippen LogP contribution >= 0.6 is 0 Å². The summed E-state index contributed by atoms with van der Waals surface area (Å²) in [7, 11) is -2.81. The summed E-state index contributed by atoms with van der Waals surface area (Å²) in [4.78, 5) is 22.0. The number of rotatable bonds is 6.